The smallest absolute Gasteiger partial charge is 0.350 e. The lowest BCUT2D eigenvalue weighted by atomic mass is 10.1. The second-order valence-electron chi connectivity index (χ2n) is 7.31. The molecule has 2 aromatic rings. The molecule has 0 unspecified atom stereocenters. The van der Waals surface area contributed by atoms with E-state index in [1.807, 2.05) is 13.8 Å². The van der Waals surface area contributed by atoms with E-state index in [4.69, 9.17) is 11.6 Å². The van der Waals surface area contributed by atoms with Crippen molar-refractivity contribution in [3.05, 3.63) is 58.6 Å². The third kappa shape index (κ3) is 7.10. The maximum Gasteiger partial charge on any atom is 0.416 e. The molecule has 180 valence electrons. The zero-order chi connectivity index (χ0) is 25.0. The average molecular weight is 506 g/mol. The Hall–Kier alpha value is -2.79. The number of carbonyl (C=O) groups is 2. The van der Waals surface area contributed by atoms with E-state index in [1.165, 1.54) is 12.1 Å². The van der Waals surface area contributed by atoms with Crippen LogP contribution in [-0.4, -0.2) is 39.1 Å². The average Bonchev–Trinajstić information content (AvgIpc) is 2.71. The molecule has 0 saturated carbocycles. The van der Waals surface area contributed by atoms with Gasteiger partial charge < -0.3 is 10.6 Å². The summed E-state index contributed by atoms with van der Waals surface area (Å²) >= 11 is 5.96. The van der Waals surface area contributed by atoms with Gasteiger partial charge in [0.1, 0.15) is 6.54 Å². The second kappa shape index (κ2) is 10.4. The third-order valence-electron chi connectivity index (χ3n) is 4.67. The fourth-order valence-corrected chi connectivity index (χ4v) is 3.90. The van der Waals surface area contributed by atoms with Gasteiger partial charge in [-0.05, 0) is 43.7 Å². The number of benzene rings is 2. The normalized spacial score (nSPS) is 12.7. The molecule has 2 aromatic carbocycles. The number of para-hydroxylation sites is 1. The monoisotopic (exact) mass is 505 g/mol. The Kier molecular flexibility index (Phi) is 8.36. The summed E-state index contributed by atoms with van der Waals surface area (Å²) in [7, 11) is -4.19. The first-order chi connectivity index (χ1) is 15.2. The van der Waals surface area contributed by atoms with Crippen LogP contribution in [0.15, 0.2) is 42.5 Å². The highest BCUT2D eigenvalue weighted by Crippen LogP contribution is 2.36. The van der Waals surface area contributed by atoms with Gasteiger partial charge in [0.2, 0.25) is 15.9 Å². The van der Waals surface area contributed by atoms with Crippen LogP contribution in [0.2, 0.25) is 5.02 Å². The molecule has 12 heteroatoms. The number of alkyl halides is 3. The molecular formula is C21H23ClF3N3O4S. The first-order valence-electron chi connectivity index (χ1n) is 9.78. The minimum atomic E-state index is -4.74. The van der Waals surface area contributed by atoms with E-state index in [1.54, 1.807) is 12.1 Å². The quantitative estimate of drug-likeness (QED) is 0.559. The second-order valence-corrected chi connectivity index (χ2v) is 9.62. The molecule has 0 aromatic heterocycles. The number of carbonyl (C=O) groups excluding carboxylic acids is 2. The van der Waals surface area contributed by atoms with Crippen molar-refractivity contribution >= 4 is 44.8 Å². The van der Waals surface area contributed by atoms with Gasteiger partial charge >= 0.3 is 6.18 Å². The Morgan fingerprint density at radius 2 is 1.79 bits per heavy atom. The maximum absolute atomic E-state index is 13.1. The van der Waals surface area contributed by atoms with E-state index >= 15 is 0 Å². The zero-order valence-electron chi connectivity index (χ0n) is 18.0. The minimum absolute atomic E-state index is 0.117. The van der Waals surface area contributed by atoms with E-state index in [2.05, 4.69) is 10.6 Å². The fourth-order valence-electron chi connectivity index (χ4n) is 2.78. The van der Waals surface area contributed by atoms with E-state index in [0.717, 1.165) is 12.3 Å². The van der Waals surface area contributed by atoms with Crippen molar-refractivity contribution in [3.63, 3.8) is 0 Å². The standard InChI is InChI=1S/C21H23ClF3N3O4S/c1-4-13(2)26-20(30)15-7-5-6-8-17(15)27-19(29)12-28(33(3,31)32)18-11-14(21(23,24)25)9-10-16(18)22/h5-11,13H,4,12H2,1-3H3,(H,26,30)(H,27,29)/t13-/m0/s1. The number of hydrogen-bond acceptors (Lipinski definition) is 4. The molecule has 1 atom stereocenters. The first-order valence-corrected chi connectivity index (χ1v) is 12.0. The lowest BCUT2D eigenvalue weighted by Crippen LogP contribution is -2.38. The van der Waals surface area contributed by atoms with Crippen LogP contribution < -0.4 is 14.9 Å². The molecule has 2 amide bonds. The Balaban J connectivity index is 2.34. The van der Waals surface area contributed by atoms with Gasteiger partial charge in [-0.15, -0.1) is 0 Å². The molecule has 0 saturated heterocycles. The van der Waals surface area contributed by atoms with Crippen molar-refractivity contribution in [2.75, 3.05) is 22.4 Å². The summed E-state index contributed by atoms with van der Waals surface area (Å²) in [6, 6.07) is 8.13. The lowest BCUT2D eigenvalue weighted by Gasteiger charge is -2.24. The highest BCUT2D eigenvalue weighted by atomic mass is 35.5. The van der Waals surface area contributed by atoms with Gasteiger partial charge in [-0.25, -0.2) is 8.42 Å². The van der Waals surface area contributed by atoms with Crippen molar-refractivity contribution in [2.24, 2.45) is 0 Å². The topological polar surface area (TPSA) is 95.6 Å². The Morgan fingerprint density at radius 3 is 2.36 bits per heavy atom. The van der Waals surface area contributed by atoms with Crippen LogP contribution in [0.25, 0.3) is 0 Å². The summed E-state index contributed by atoms with van der Waals surface area (Å²) in [4.78, 5) is 25.2. The van der Waals surface area contributed by atoms with Crippen LogP contribution in [0.1, 0.15) is 36.2 Å². The predicted octanol–water partition coefficient (Wildman–Crippen LogP) is 4.29. The number of halogens is 4. The number of sulfonamides is 1. The van der Waals surface area contributed by atoms with Crippen LogP contribution in [0, 0.1) is 0 Å². The molecule has 0 aliphatic heterocycles. The molecule has 7 nitrogen and oxygen atoms in total. The van der Waals surface area contributed by atoms with E-state index < -0.39 is 45.8 Å². The van der Waals surface area contributed by atoms with Crippen LogP contribution in [0.3, 0.4) is 0 Å². The van der Waals surface area contributed by atoms with Crippen LogP contribution >= 0.6 is 11.6 Å². The summed E-state index contributed by atoms with van der Waals surface area (Å²) < 4.78 is 64.4. The van der Waals surface area contributed by atoms with Crippen molar-refractivity contribution < 1.29 is 31.2 Å². The summed E-state index contributed by atoms with van der Waals surface area (Å²) in [6.45, 7) is 2.83. The molecular weight excluding hydrogens is 483 g/mol. The van der Waals surface area contributed by atoms with Gasteiger partial charge in [-0.3, -0.25) is 13.9 Å². The summed E-state index contributed by atoms with van der Waals surface area (Å²) in [6.07, 6.45) is -3.32. The van der Waals surface area contributed by atoms with E-state index in [0.29, 0.717) is 22.9 Å². The van der Waals surface area contributed by atoms with Crippen molar-refractivity contribution in [1.82, 2.24) is 5.32 Å². The zero-order valence-corrected chi connectivity index (χ0v) is 19.6. The van der Waals surface area contributed by atoms with Gasteiger partial charge in [-0.1, -0.05) is 30.7 Å². The summed E-state index contributed by atoms with van der Waals surface area (Å²) in [5, 5.41) is 4.92. The predicted molar refractivity (Wildman–Crippen MR) is 121 cm³/mol. The van der Waals surface area contributed by atoms with Gasteiger partial charge in [0, 0.05) is 6.04 Å². The van der Waals surface area contributed by atoms with Crippen molar-refractivity contribution in [3.8, 4) is 0 Å². The number of rotatable bonds is 8. The van der Waals surface area contributed by atoms with Gasteiger partial charge in [0.25, 0.3) is 5.91 Å². The number of amides is 2. The molecule has 0 fully saturated rings. The first kappa shape index (κ1) is 26.5. The van der Waals surface area contributed by atoms with Crippen molar-refractivity contribution in [1.29, 1.82) is 0 Å². The summed E-state index contributed by atoms with van der Waals surface area (Å²) in [5.41, 5.74) is -1.35. The number of nitrogens with one attached hydrogen (secondary N) is 2. The van der Waals surface area contributed by atoms with Crippen LogP contribution in [0.5, 0.6) is 0 Å². The SMILES string of the molecule is CC[C@H](C)NC(=O)c1ccccc1NC(=O)CN(c1cc(C(F)(F)F)ccc1Cl)S(C)(=O)=O. The fraction of sp³-hybridized carbons (Fsp3) is 0.333. The lowest BCUT2D eigenvalue weighted by molar-refractivity contribution is -0.137. The highest BCUT2D eigenvalue weighted by molar-refractivity contribution is 7.92. The van der Waals surface area contributed by atoms with E-state index in [9.17, 15) is 31.2 Å². The molecule has 0 heterocycles. The van der Waals surface area contributed by atoms with Crippen molar-refractivity contribution in [2.45, 2.75) is 32.5 Å². The Morgan fingerprint density at radius 1 is 1.15 bits per heavy atom. The number of nitrogens with zero attached hydrogens (tertiary/aromatic N) is 1. The molecule has 0 aliphatic rings. The maximum atomic E-state index is 13.1. The molecule has 2 N–H and O–H groups in total. The van der Waals surface area contributed by atoms with Gasteiger partial charge in [0.05, 0.1) is 33.8 Å². The van der Waals surface area contributed by atoms with Gasteiger partial charge in [-0.2, -0.15) is 13.2 Å². The molecule has 0 spiro atoms. The van der Waals surface area contributed by atoms with E-state index in [-0.39, 0.29) is 22.3 Å². The van der Waals surface area contributed by atoms with Crippen LogP contribution in [-0.2, 0) is 21.0 Å². The largest absolute Gasteiger partial charge is 0.416 e. The molecule has 0 radical (unpaired) electrons. The molecule has 2 rings (SSSR count). The number of hydrogen-bond donors (Lipinski definition) is 2. The number of anilines is 2. The Bertz CT molecular complexity index is 1140. The third-order valence-corrected chi connectivity index (χ3v) is 6.11. The summed E-state index contributed by atoms with van der Waals surface area (Å²) in [5.74, 6) is -1.32. The minimum Gasteiger partial charge on any atom is -0.350 e. The molecule has 0 bridgehead atoms. The van der Waals surface area contributed by atoms with Crippen LogP contribution in [0.4, 0.5) is 24.5 Å². The molecule has 33 heavy (non-hydrogen) atoms. The molecule has 0 aliphatic carbocycles. The highest BCUT2D eigenvalue weighted by Gasteiger charge is 2.33. The Labute approximate surface area is 195 Å². The van der Waals surface area contributed by atoms with Gasteiger partial charge in [0.15, 0.2) is 0 Å².